The van der Waals surface area contributed by atoms with E-state index in [0.29, 0.717) is 0 Å². The van der Waals surface area contributed by atoms with Crippen molar-refractivity contribution in [1.82, 2.24) is 0 Å². The van der Waals surface area contributed by atoms with E-state index in [1.807, 2.05) is 11.3 Å². The van der Waals surface area contributed by atoms with Crippen molar-refractivity contribution in [3.8, 4) is 22.3 Å². The minimum atomic E-state index is 1.25. The van der Waals surface area contributed by atoms with Gasteiger partial charge in [-0.1, -0.05) is 152 Å². The van der Waals surface area contributed by atoms with Crippen LogP contribution in [0.25, 0.3) is 107 Å². The number of hydrogen-bond donors (Lipinski definition) is 0. The first-order chi connectivity index (χ1) is 24.3. The highest BCUT2D eigenvalue weighted by Gasteiger charge is 2.19. The summed E-state index contributed by atoms with van der Waals surface area (Å²) in [6, 6.07) is 63.2. The van der Waals surface area contributed by atoms with Gasteiger partial charge in [0.05, 0.1) is 0 Å². The van der Waals surface area contributed by atoms with Crippen molar-refractivity contribution in [1.29, 1.82) is 0 Å². The summed E-state index contributed by atoms with van der Waals surface area (Å²) in [6.07, 6.45) is 0. The number of thiophene rings is 1. The summed E-state index contributed by atoms with van der Waals surface area (Å²) >= 11 is 1.90. The molecule has 0 saturated carbocycles. The summed E-state index contributed by atoms with van der Waals surface area (Å²) in [5, 5.41) is 18.2. The molecule has 0 nitrogen and oxygen atoms in total. The van der Waals surface area contributed by atoms with Crippen molar-refractivity contribution in [2.45, 2.75) is 0 Å². The highest BCUT2D eigenvalue weighted by molar-refractivity contribution is 7.26. The molecule has 11 rings (SSSR count). The van der Waals surface area contributed by atoms with Crippen molar-refractivity contribution in [3.63, 3.8) is 0 Å². The molecule has 0 aliphatic rings. The van der Waals surface area contributed by atoms with Gasteiger partial charge in [-0.05, 0) is 105 Å². The third kappa shape index (κ3) is 3.85. The Kier molecular flexibility index (Phi) is 5.64. The van der Waals surface area contributed by atoms with Crippen LogP contribution in [0, 0.1) is 0 Å². The highest BCUT2D eigenvalue weighted by Crippen LogP contribution is 2.47. The van der Waals surface area contributed by atoms with Crippen LogP contribution in [0.15, 0.2) is 170 Å². The fourth-order valence-electron chi connectivity index (χ4n) is 8.47. The zero-order chi connectivity index (χ0) is 32.1. The van der Waals surface area contributed by atoms with Gasteiger partial charge in [-0.2, -0.15) is 0 Å². The van der Waals surface area contributed by atoms with Gasteiger partial charge in [0.2, 0.25) is 0 Å². The Morgan fingerprint density at radius 1 is 0.265 bits per heavy atom. The number of fused-ring (bicyclic) bond motifs is 13. The lowest BCUT2D eigenvalue weighted by molar-refractivity contribution is 1.69. The minimum Gasteiger partial charge on any atom is -0.135 e. The van der Waals surface area contributed by atoms with Crippen LogP contribution in [0.5, 0.6) is 0 Å². The summed E-state index contributed by atoms with van der Waals surface area (Å²) in [5.41, 5.74) is 5.10. The van der Waals surface area contributed by atoms with Crippen LogP contribution in [-0.2, 0) is 0 Å². The molecule has 1 heterocycles. The standard InChI is InChI=1S/C48H28S/c1-2-12-32-29(11-1)21-25-42-44-28-31(23-26-45(44)49-48(32)42)47-40-19-9-7-17-38(40)46(39-18-8-10-20-41(39)47)30-22-24-37-35-15-4-3-13-33(35)34-14-5-6-16-36(34)43(37)27-30/h1-28H. The number of rotatable bonds is 2. The summed E-state index contributed by atoms with van der Waals surface area (Å²) in [6.45, 7) is 0. The van der Waals surface area contributed by atoms with Crippen molar-refractivity contribution >= 4 is 96.1 Å². The van der Waals surface area contributed by atoms with Crippen LogP contribution >= 0.6 is 11.3 Å². The molecular formula is C48H28S. The molecule has 226 valence electrons. The van der Waals surface area contributed by atoms with E-state index in [2.05, 4.69) is 170 Å². The normalized spacial score (nSPS) is 12.1. The van der Waals surface area contributed by atoms with Gasteiger partial charge in [0, 0.05) is 20.2 Å². The van der Waals surface area contributed by atoms with Crippen LogP contribution in [0.3, 0.4) is 0 Å². The molecule has 0 bridgehead atoms. The Hall–Kier alpha value is -6.02. The highest BCUT2D eigenvalue weighted by atomic mass is 32.1. The van der Waals surface area contributed by atoms with Crippen LogP contribution in [0.1, 0.15) is 0 Å². The third-order valence-corrected chi connectivity index (χ3v) is 11.8. The maximum Gasteiger partial charge on any atom is 0.0433 e. The van der Waals surface area contributed by atoms with E-state index >= 15 is 0 Å². The fraction of sp³-hybridized carbons (Fsp3) is 0. The molecule has 0 aliphatic carbocycles. The fourth-order valence-corrected chi connectivity index (χ4v) is 9.69. The Bertz CT molecular complexity index is 3070. The molecule has 1 heteroatoms. The van der Waals surface area contributed by atoms with Crippen LogP contribution in [0.2, 0.25) is 0 Å². The molecule has 0 aliphatic heterocycles. The van der Waals surface area contributed by atoms with Gasteiger partial charge in [-0.3, -0.25) is 0 Å². The van der Waals surface area contributed by atoms with Crippen molar-refractivity contribution in [2.24, 2.45) is 0 Å². The molecule has 0 atom stereocenters. The minimum absolute atomic E-state index is 1.25. The first-order valence-electron chi connectivity index (χ1n) is 16.9. The average Bonchev–Trinajstić information content (AvgIpc) is 3.55. The Morgan fingerprint density at radius 3 is 1.24 bits per heavy atom. The molecule has 0 radical (unpaired) electrons. The number of hydrogen-bond acceptors (Lipinski definition) is 1. The third-order valence-electron chi connectivity index (χ3n) is 10.6. The first-order valence-corrected chi connectivity index (χ1v) is 17.7. The van der Waals surface area contributed by atoms with E-state index in [1.165, 1.54) is 107 Å². The van der Waals surface area contributed by atoms with Gasteiger partial charge in [-0.15, -0.1) is 11.3 Å². The smallest absolute Gasteiger partial charge is 0.0433 e. The molecule has 10 aromatic carbocycles. The molecule has 0 spiro atoms. The summed E-state index contributed by atoms with van der Waals surface area (Å²) in [4.78, 5) is 0. The first kappa shape index (κ1) is 27.0. The largest absolute Gasteiger partial charge is 0.135 e. The molecule has 49 heavy (non-hydrogen) atoms. The van der Waals surface area contributed by atoms with Crippen molar-refractivity contribution in [2.75, 3.05) is 0 Å². The molecule has 0 saturated heterocycles. The predicted molar refractivity (Wildman–Crippen MR) is 215 cm³/mol. The lowest BCUT2D eigenvalue weighted by Gasteiger charge is -2.19. The van der Waals surface area contributed by atoms with E-state index in [1.54, 1.807) is 0 Å². The molecule has 0 amide bonds. The van der Waals surface area contributed by atoms with Gasteiger partial charge in [0.15, 0.2) is 0 Å². The lowest BCUT2D eigenvalue weighted by atomic mass is 9.84. The van der Waals surface area contributed by atoms with Gasteiger partial charge in [0.25, 0.3) is 0 Å². The molecule has 0 fully saturated rings. The van der Waals surface area contributed by atoms with Crippen molar-refractivity contribution < 1.29 is 0 Å². The predicted octanol–water partition coefficient (Wildman–Crippen LogP) is 14.3. The zero-order valence-corrected chi connectivity index (χ0v) is 27.4. The van der Waals surface area contributed by atoms with Gasteiger partial charge in [-0.25, -0.2) is 0 Å². The zero-order valence-electron chi connectivity index (χ0n) is 26.6. The topological polar surface area (TPSA) is 0 Å². The second-order valence-corrected chi connectivity index (χ2v) is 14.2. The van der Waals surface area contributed by atoms with E-state index in [4.69, 9.17) is 0 Å². The summed E-state index contributed by atoms with van der Waals surface area (Å²) < 4.78 is 2.70. The van der Waals surface area contributed by atoms with E-state index in [0.717, 1.165) is 0 Å². The monoisotopic (exact) mass is 636 g/mol. The molecule has 0 N–H and O–H groups in total. The summed E-state index contributed by atoms with van der Waals surface area (Å²) in [5.74, 6) is 0. The van der Waals surface area contributed by atoms with Gasteiger partial charge in [0.1, 0.15) is 0 Å². The molecule has 1 aromatic heterocycles. The van der Waals surface area contributed by atoms with Gasteiger partial charge < -0.3 is 0 Å². The Labute approximate surface area is 287 Å². The molecule has 11 aromatic rings. The quantitative estimate of drug-likeness (QED) is 0.131. The van der Waals surface area contributed by atoms with Crippen LogP contribution in [-0.4, -0.2) is 0 Å². The maximum absolute atomic E-state index is 2.44. The second kappa shape index (κ2) is 10.2. The Morgan fingerprint density at radius 2 is 0.673 bits per heavy atom. The lowest BCUT2D eigenvalue weighted by Crippen LogP contribution is -1.91. The van der Waals surface area contributed by atoms with Crippen molar-refractivity contribution in [3.05, 3.63) is 170 Å². The van der Waals surface area contributed by atoms with Crippen LogP contribution < -0.4 is 0 Å². The molecular weight excluding hydrogens is 609 g/mol. The van der Waals surface area contributed by atoms with Gasteiger partial charge >= 0.3 is 0 Å². The van der Waals surface area contributed by atoms with Crippen LogP contribution in [0.4, 0.5) is 0 Å². The number of benzene rings is 10. The molecule has 0 unspecified atom stereocenters. The van der Waals surface area contributed by atoms with E-state index in [9.17, 15) is 0 Å². The average molecular weight is 637 g/mol. The van der Waals surface area contributed by atoms with E-state index < -0.39 is 0 Å². The van der Waals surface area contributed by atoms with E-state index in [-0.39, 0.29) is 0 Å². The Balaban J connectivity index is 1.21. The second-order valence-electron chi connectivity index (χ2n) is 13.2. The maximum atomic E-state index is 2.44. The summed E-state index contributed by atoms with van der Waals surface area (Å²) in [7, 11) is 0. The SMILES string of the molecule is c1ccc2c(c1)ccc1c3cc(-c4c5ccccc5c(-c5ccc6c7ccccc7c7ccccc7c6c5)c5ccccc45)ccc3sc21.